The number of nitrogens with two attached hydrogens (primary N) is 1. The van der Waals surface area contributed by atoms with Gasteiger partial charge in [-0.2, -0.15) is 0 Å². The molecule has 28 heavy (non-hydrogen) atoms. The van der Waals surface area contributed by atoms with Crippen molar-refractivity contribution in [2.45, 2.75) is 6.54 Å². The smallest absolute Gasteiger partial charge is 0.193 e. The molecule has 4 rings (SSSR count). The van der Waals surface area contributed by atoms with Crippen LogP contribution >= 0.6 is 11.3 Å². The molecule has 2 aromatic carbocycles. The highest BCUT2D eigenvalue weighted by Gasteiger charge is 2.07. The number of furan rings is 1. The molecular formula is C21H18N4O2S. The van der Waals surface area contributed by atoms with Gasteiger partial charge in [0, 0.05) is 17.1 Å². The van der Waals surface area contributed by atoms with Gasteiger partial charge in [-0.25, -0.2) is 9.98 Å². The van der Waals surface area contributed by atoms with Gasteiger partial charge in [0.1, 0.15) is 11.5 Å². The Labute approximate surface area is 166 Å². The number of benzene rings is 2. The summed E-state index contributed by atoms with van der Waals surface area (Å²) in [5.74, 6) is 2.55. The second kappa shape index (κ2) is 8.41. The van der Waals surface area contributed by atoms with E-state index in [2.05, 4.69) is 15.3 Å². The molecule has 0 saturated carbocycles. The average Bonchev–Trinajstić information content (AvgIpc) is 3.39. The minimum absolute atomic E-state index is 0.310. The lowest BCUT2D eigenvalue weighted by Gasteiger charge is -2.09. The normalized spacial score (nSPS) is 11.4. The van der Waals surface area contributed by atoms with Crippen LogP contribution in [0, 0.1) is 0 Å². The van der Waals surface area contributed by atoms with Crippen LogP contribution in [0.15, 0.2) is 87.8 Å². The number of ether oxygens (including phenoxy) is 1. The Morgan fingerprint density at radius 3 is 2.75 bits per heavy atom. The molecule has 0 fully saturated rings. The highest BCUT2D eigenvalue weighted by molar-refractivity contribution is 7.13. The Morgan fingerprint density at radius 1 is 1.07 bits per heavy atom. The van der Waals surface area contributed by atoms with Crippen molar-refractivity contribution in [2.75, 3.05) is 5.32 Å². The molecule has 0 aliphatic heterocycles. The number of hydrogen-bond donors (Lipinski definition) is 2. The number of hydrogen-bond acceptors (Lipinski definition) is 5. The molecule has 0 radical (unpaired) electrons. The van der Waals surface area contributed by atoms with Crippen molar-refractivity contribution in [3.63, 3.8) is 0 Å². The first-order chi connectivity index (χ1) is 13.8. The second-order valence-corrected chi connectivity index (χ2v) is 6.75. The molecule has 7 heteroatoms. The lowest BCUT2D eigenvalue weighted by atomic mass is 10.3. The lowest BCUT2D eigenvalue weighted by Crippen LogP contribution is -2.22. The third kappa shape index (κ3) is 4.57. The van der Waals surface area contributed by atoms with Crippen molar-refractivity contribution in [1.82, 2.24) is 4.98 Å². The average molecular weight is 390 g/mol. The summed E-state index contributed by atoms with van der Waals surface area (Å²) in [7, 11) is 0. The predicted octanol–water partition coefficient (Wildman–Crippen LogP) is 5.12. The fraction of sp³-hybridized carbons (Fsp3) is 0.0476. The first-order valence-electron chi connectivity index (χ1n) is 8.64. The molecule has 6 nitrogen and oxygen atoms in total. The largest absolute Gasteiger partial charge is 0.462 e. The number of aliphatic imine (C=N–C) groups is 1. The third-order valence-electron chi connectivity index (χ3n) is 3.78. The zero-order valence-electron chi connectivity index (χ0n) is 14.9. The van der Waals surface area contributed by atoms with Gasteiger partial charge in [-0.1, -0.05) is 24.3 Å². The standard InChI is InChI=1S/C21H18N4O2S/c22-21(23-13-16-14-28-20(24-16)19-10-5-11-26-19)25-15-6-4-9-18(12-15)27-17-7-2-1-3-8-17/h1-12,14H,13H2,(H3,22,23,25). The number of para-hydroxylation sites is 1. The van der Waals surface area contributed by atoms with Gasteiger partial charge in [-0.15, -0.1) is 11.3 Å². The molecule has 0 aliphatic rings. The fourth-order valence-corrected chi connectivity index (χ4v) is 3.29. The summed E-state index contributed by atoms with van der Waals surface area (Å²) in [5, 5.41) is 5.85. The molecule has 140 valence electrons. The van der Waals surface area contributed by atoms with Crippen LogP contribution in [0.4, 0.5) is 5.69 Å². The molecule has 4 aromatic rings. The Bertz CT molecular complexity index is 1060. The maximum atomic E-state index is 6.01. The Hall–Kier alpha value is -3.58. The maximum absolute atomic E-state index is 6.01. The fourth-order valence-electron chi connectivity index (χ4n) is 2.51. The molecule has 0 spiro atoms. The zero-order chi connectivity index (χ0) is 19.2. The van der Waals surface area contributed by atoms with Crippen LogP contribution in [0.5, 0.6) is 11.5 Å². The summed E-state index contributed by atoms with van der Waals surface area (Å²) in [6.45, 7) is 0.385. The van der Waals surface area contributed by atoms with Gasteiger partial charge in [0.15, 0.2) is 16.7 Å². The first kappa shape index (κ1) is 17.8. The van der Waals surface area contributed by atoms with Gasteiger partial charge in [-0.05, 0) is 36.4 Å². The summed E-state index contributed by atoms with van der Waals surface area (Å²) < 4.78 is 11.2. The van der Waals surface area contributed by atoms with Crippen LogP contribution in [0.3, 0.4) is 0 Å². The van der Waals surface area contributed by atoms with E-state index in [-0.39, 0.29) is 0 Å². The van der Waals surface area contributed by atoms with Crippen LogP contribution in [-0.4, -0.2) is 10.9 Å². The van der Waals surface area contributed by atoms with E-state index in [1.165, 1.54) is 11.3 Å². The maximum Gasteiger partial charge on any atom is 0.193 e. The van der Waals surface area contributed by atoms with Crippen molar-refractivity contribution < 1.29 is 9.15 Å². The molecule has 2 aromatic heterocycles. The quantitative estimate of drug-likeness (QED) is 0.352. The highest BCUT2D eigenvalue weighted by Crippen LogP contribution is 2.25. The molecule has 0 atom stereocenters. The highest BCUT2D eigenvalue weighted by atomic mass is 32.1. The Balaban J connectivity index is 1.38. The first-order valence-corrected chi connectivity index (χ1v) is 9.52. The van der Waals surface area contributed by atoms with Crippen molar-refractivity contribution in [3.8, 4) is 22.3 Å². The van der Waals surface area contributed by atoms with E-state index in [1.54, 1.807) is 6.26 Å². The van der Waals surface area contributed by atoms with Crippen molar-refractivity contribution in [3.05, 3.63) is 84.1 Å². The molecule has 0 saturated heterocycles. The van der Waals surface area contributed by atoms with Crippen LogP contribution in [0.1, 0.15) is 5.69 Å². The number of nitrogens with one attached hydrogen (secondary N) is 1. The third-order valence-corrected chi connectivity index (χ3v) is 4.69. The minimum Gasteiger partial charge on any atom is -0.462 e. The molecule has 0 bridgehead atoms. The van der Waals surface area contributed by atoms with Gasteiger partial charge in [0.25, 0.3) is 0 Å². The predicted molar refractivity (Wildman–Crippen MR) is 112 cm³/mol. The van der Waals surface area contributed by atoms with E-state index in [1.807, 2.05) is 72.1 Å². The van der Waals surface area contributed by atoms with E-state index < -0.39 is 0 Å². The van der Waals surface area contributed by atoms with E-state index in [9.17, 15) is 0 Å². The molecule has 0 aliphatic carbocycles. The Morgan fingerprint density at radius 2 is 1.93 bits per heavy atom. The van der Waals surface area contributed by atoms with E-state index in [0.29, 0.717) is 18.3 Å². The summed E-state index contributed by atoms with van der Waals surface area (Å²) in [6.07, 6.45) is 1.63. The number of nitrogens with zero attached hydrogens (tertiary/aromatic N) is 2. The van der Waals surface area contributed by atoms with E-state index in [0.717, 1.165) is 27.9 Å². The number of guanidine groups is 1. The Kier molecular flexibility index (Phi) is 5.35. The molecular weight excluding hydrogens is 372 g/mol. The van der Waals surface area contributed by atoms with Crippen LogP contribution in [0.2, 0.25) is 0 Å². The van der Waals surface area contributed by atoms with Gasteiger partial charge in [0.2, 0.25) is 0 Å². The lowest BCUT2D eigenvalue weighted by molar-refractivity contribution is 0.483. The minimum atomic E-state index is 0.310. The summed E-state index contributed by atoms with van der Waals surface area (Å²) in [5.41, 5.74) is 7.64. The van der Waals surface area contributed by atoms with Crippen molar-refractivity contribution >= 4 is 23.0 Å². The SMILES string of the molecule is NC(=NCc1csc(-c2ccco2)n1)Nc1cccc(Oc2ccccc2)c1. The van der Waals surface area contributed by atoms with Crippen molar-refractivity contribution in [2.24, 2.45) is 10.7 Å². The van der Waals surface area contributed by atoms with E-state index >= 15 is 0 Å². The molecule has 0 amide bonds. The van der Waals surface area contributed by atoms with Crippen molar-refractivity contribution in [1.29, 1.82) is 0 Å². The summed E-state index contributed by atoms with van der Waals surface area (Å²) in [6, 6.07) is 20.9. The molecule has 0 unspecified atom stereocenters. The topological polar surface area (TPSA) is 85.7 Å². The summed E-state index contributed by atoms with van der Waals surface area (Å²) in [4.78, 5) is 8.86. The van der Waals surface area contributed by atoms with Gasteiger partial charge in [0.05, 0.1) is 18.5 Å². The second-order valence-electron chi connectivity index (χ2n) is 5.89. The number of rotatable bonds is 6. The van der Waals surface area contributed by atoms with Gasteiger partial charge >= 0.3 is 0 Å². The molecule has 2 heterocycles. The summed E-state index contributed by atoms with van der Waals surface area (Å²) >= 11 is 1.51. The van der Waals surface area contributed by atoms with Gasteiger partial charge in [-0.3, -0.25) is 0 Å². The van der Waals surface area contributed by atoms with Crippen LogP contribution < -0.4 is 15.8 Å². The number of anilines is 1. The van der Waals surface area contributed by atoms with E-state index in [4.69, 9.17) is 14.9 Å². The molecule has 3 N–H and O–H groups in total. The zero-order valence-corrected chi connectivity index (χ0v) is 15.7. The van der Waals surface area contributed by atoms with Crippen LogP contribution in [0.25, 0.3) is 10.8 Å². The van der Waals surface area contributed by atoms with Crippen LogP contribution in [-0.2, 0) is 6.54 Å². The number of thiazole rings is 1. The number of aromatic nitrogens is 1. The monoisotopic (exact) mass is 390 g/mol. The van der Waals surface area contributed by atoms with Gasteiger partial charge < -0.3 is 20.2 Å².